The highest BCUT2D eigenvalue weighted by atomic mass is 16.1. The van der Waals surface area contributed by atoms with Gasteiger partial charge in [0.1, 0.15) is 0 Å². The molecule has 1 aliphatic carbocycles. The Balaban J connectivity index is 1.88. The zero-order chi connectivity index (χ0) is 14.0. The predicted molar refractivity (Wildman–Crippen MR) is 76.6 cm³/mol. The van der Waals surface area contributed by atoms with Gasteiger partial charge in [0, 0.05) is 19.1 Å². The summed E-state index contributed by atoms with van der Waals surface area (Å²) in [6.45, 7) is 3.48. The molecular formula is C14H28N4O. The van der Waals surface area contributed by atoms with Crippen molar-refractivity contribution < 1.29 is 4.79 Å². The number of hydrogen-bond acceptors (Lipinski definition) is 4. The molecule has 1 heterocycles. The fraction of sp³-hybridized carbons (Fsp3) is 0.929. The summed E-state index contributed by atoms with van der Waals surface area (Å²) in [5.41, 5.74) is 10.8. The smallest absolute Gasteiger partial charge is 0.237 e. The van der Waals surface area contributed by atoms with E-state index in [0.717, 1.165) is 31.7 Å². The number of carbonyl (C=O) groups excluding carboxylic acids is 1. The van der Waals surface area contributed by atoms with Crippen molar-refractivity contribution in [2.45, 2.75) is 43.7 Å². The van der Waals surface area contributed by atoms with Crippen LogP contribution in [0.1, 0.15) is 32.1 Å². The molecule has 19 heavy (non-hydrogen) atoms. The molecule has 0 aromatic rings. The Labute approximate surface area is 116 Å². The molecular weight excluding hydrogens is 240 g/mol. The highest BCUT2D eigenvalue weighted by molar-refractivity contribution is 5.84. The van der Waals surface area contributed by atoms with E-state index in [2.05, 4.69) is 23.9 Å². The van der Waals surface area contributed by atoms with Gasteiger partial charge in [0.2, 0.25) is 5.91 Å². The Morgan fingerprint density at radius 2 is 2.21 bits per heavy atom. The SMILES string of the molecule is CN1CCC(CN(C)C2CCCC(N)(C(N)=O)C2)C1. The number of hydrogen-bond donors (Lipinski definition) is 2. The molecule has 0 aromatic carbocycles. The summed E-state index contributed by atoms with van der Waals surface area (Å²) in [5.74, 6) is 0.406. The van der Waals surface area contributed by atoms with E-state index < -0.39 is 5.54 Å². The maximum Gasteiger partial charge on any atom is 0.237 e. The average molecular weight is 268 g/mol. The lowest BCUT2D eigenvalue weighted by molar-refractivity contribution is -0.125. The summed E-state index contributed by atoms with van der Waals surface area (Å²) in [6, 6.07) is 0.400. The van der Waals surface area contributed by atoms with E-state index in [-0.39, 0.29) is 5.91 Å². The van der Waals surface area contributed by atoms with Crippen molar-refractivity contribution in [1.82, 2.24) is 9.80 Å². The van der Waals surface area contributed by atoms with Gasteiger partial charge >= 0.3 is 0 Å². The monoisotopic (exact) mass is 268 g/mol. The molecule has 5 heteroatoms. The number of primary amides is 1. The number of likely N-dealkylation sites (tertiary alicyclic amines) is 1. The Kier molecular flexibility index (Phi) is 4.48. The van der Waals surface area contributed by atoms with E-state index in [0.29, 0.717) is 12.5 Å². The third-order valence-electron chi connectivity index (χ3n) is 4.91. The van der Waals surface area contributed by atoms with Crippen LogP contribution in [0.5, 0.6) is 0 Å². The van der Waals surface area contributed by atoms with Gasteiger partial charge in [0.25, 0.3) is 0 Å². The van der Waals surface area contributed by atoms with Gasteiger partial charge in [-0.1, -0.05) is 0 Å². The van der Waals surface area contributed by atoms with Gasteiger partial charge in [0.05, 0.1) is 5.54 Å². The lowest BCUT2D eigenvalue weighted by atomic mass is 9.78. The van der Waals surface area contributed by atoms with Crippen LogP contribution in [0.25, 0.3) is 0 Å². The quantitative estimate of drug-likeness (QED) is 0.752. The summed E-state index contributed by atoms with van der Waals surface area (Å²) >= 11 is 0. The van der Waals surface area contributed by atoms with Gasteiger partial charge in [-0.25, -0.2) is 0 Å². The van der Waals surface area contributed by atoms with Gasteiger partial charge in [-0.3, -0.25) is 4.79 Å². The van der Waals surface area contributed by atoms with Gasteiger partial charge in [-0.05, 0) is 58.7 Å². The second kappa shape index (κ2) is 5.77. The molecule has 0 spiro atoms. The predicted octanol–water partition coefficient (Wildman–Crippen LogP) is -0.00470. The molecule has 2 fully saturated rings. The minimum Gasteiger partial charge on any atom is -0.368 e. The number of nitrogens with zero attached hydrogens (tertiary/aromatic N) is 2. The number of amides is 1. The van der Waals surface area contributed by atoms with E-state index in [4.69, 9.17) is 11.5 Å². The van der Waals surface area contributed by atoms with Crippen LogP contribution in [0.4, 0.5) is 0 Å². The van der Waals surface area contributed by atoms with E-state index in [9.17, 15) is 4.79 Å². The zero-order valence-electron chi connectivity index (χ0n) is 12.3. The van der Waals surface area contributed by atoms with Crippen LogP contribution in [-0.4, -0.2) is 61.0 Å². The first-order valence-electron chi connectivity index (χ1n) is 7.38. The van der Waals surface area contributed by atoms with Gasteiger partial charge in [0.15, 0.2) is 0 Å². The molecule has 1 aliphatic heterocycles. The first kappa shape index (κ1) is 14.8. The maximum absolute atomic E-state index is 11.5. The first-order valence-corrected chi connectivity index (χ1v) is 7.38. The van der Waals surface area contributed by atoms with Crippen molar-refractivity contribution in [1.29, 1.82) is 0 Å². The van der Waals surface area contributed by atoms with Crippen molar-refractivity contribution in [2.24, 2.45) is 17.4 Å². The van der Waals surface area contributed by atoms with Crippen molar-refractivity contribution in [3.05, 3.63) is 0 Å². The molecule has 1 saturated heterocycles. The molecule has 5 nitrogen and oxygen atoms in total. The van der Waals surface area contributed by atoms with E-state index in [1.54, 1.807) is 0 Å². The summed E-state index contributed by atoms with van der Waals surface area (Å²) in [5, 5.41) is 0. The Morgan fingerprint density at radius 3 is 2.79 bits per heavy atom. The second-order valence-corrected chi connectivity index (χ2v) is 6.63. The van der Waals surface area contributed by atoms with Crippen LogP contribution in [0.2, 0.25) is 0 Å². The fourth-order valence-electron chi connectivity index (χ4n) is 3.61. The third-order valence-corrected chi connectivity index (χ3v) is 4.91. The molecule has 0 bridgehead atoms. The highest BCUT2D eigenvalue weighted by Crippen LogP contribution is 2.29. The molecule has 3 atom stereocenters. The number of carbonyl (C=O) groups is 1. The highest BCUT2D eigenvalue weighted by Gasteiger charge is 2.39. The molecule has 0 radical (unpaired) electrons. The van der Waals surface area contributed by atoms with E-state index in [1.165, 1.54) is 19.5 Å². The van der Waals surface area contributed by atoms with Crippen LogP contribution >= 0.6 is 0 Å². The summed E-state index contributed by atoms with van der Waals surface area (Å²) in [7, 11) is 4.34. The Morgan fingerprint density at radius 1 is 1.47 bits per heavy atom. The zero-order valence-corrected chi connectivity index (χ0v) is 12.3. The number of nitrogens with two attached hydrogens (primary N) is 2. The molecule has 2 rings (SSSR count). The minimum absolute atomic E-state index is 0.341. The fourth-order valence-corrected chi connectivity index (χ4v) is 3.61. The van der Waals surface area contributed by atoms with Gasteiger partial charge < -0.3 is 21.3 Å². The lowest BCUT2D eigenvalue weighted by Gasteiger charge is -2.40. The van der Waals surface area contributed by atoms with E-state index in [1.807, 2.05) is 0 Å². The third kappa shape index (κ3) is 3.46. The number of rotatable bonds is 4. The summed E-state index contributed by atoms with van der Waals surface area (Å²) in [4.78, 5) is 16.3. The van der Waals surface area contributed by atoms with Crippen molar-refractivity contribution in [2.75, 3.05) is 33.7 Å². The summed E-state index contributed by atoms with van der Waals surface area (Å²) < 4.78 is 0. The maximum atomic E-state index is 11.5. The standard InChI is InChI=1S/C14H28N4O/c1-17-7-5-11(9-17)10-18(2)12-4-3-6-14(16,8-12)13(15)19/h11-12H,3-10,16H2,1-2H3,(H2,15,19). The van der Waals surface area contributed by atoms with Gasteiger partial charge in [-0.2, -0.15) is 0 Å². The van der Waals surface area contributed by atoms with E-state index >= 15 is 0 Å². The molecule has 4 N–H and O–H groups in total. The van der Waals surface area contributed by atoms with Crippen LogP contribution < -0.4 is 11.5 Å². The first-order chi connectivity index (χ1) is 8.90. The molecule has 3 unspecified atom stereocenters. The van der Waals surface area contributed by atoms with Crippen molar-refractivity contribution in [3.8, 4) is 0 Å². The molecule has 0 aromatic heterocycles. The average Bonchev–Trinajstić information content (AvgIpc) is 2.74. The molecule has 110 valence electrons. The van der Waals surface area contributed by atoms with Gasteiger partial charge in [-0.15, -0.1) is 0 Å². The van der Waals surface area contributed by atoms with Crippen LogP contribution in [-0.2, 0) is 4.79 Å². The van der Waals surface area contributed by atoms with Crippen LogP contribution in [0, 0.1) is 5.92 Å². The summed E-state index contributed by atoms with van der Waals surface area (Å²) in [6.07, 6.45) is 4.85. The lowest BCUT2D eigenvalue weighted by Crippen LogP contribution is -2.58. The van der Waals surface area contributed by atoms with Crippen molar-refractivity contribution in [3.63, 3.8) is 0 Å². The topological polar surface area (TPSA) is 75.6 Å². The largest absolute Gasteiger partial charge is 0.368 e. The minimum atomic E-state index is -0.788. The molecule has 2 aliphatic rings. The molecule has 1 saturated carbocycles. The van der Waals surface area contributed by atoms with Crippen LogP contribution in [0.15, 0.2) is 0 Å². The Hall–Kier alpha value is -0.650. The van der Waals surface area contributed by atoms with Crippen molar-refractivity contribution >= 4 is 5.91 Å². The Bertz CT molecular complexity index is 335. The second-order valence-electron chi connectivity index (χ2n) is 6.63. The van der Waals surface area contributed by atoms with Crippen LogP contribution in [0.3, 0.4) is 0 Å². The molecule has 1 amide bonds. The normalized spacial score (nSPS) is 36.8.